The van der Waals surface area contributed by atoms with Gasteiger partial charge in [-0.25, -0.2) is 9.59 Å². The molecule has 2 heterocycles. The largest absolute Gasteiger partial charge is 0.464 e. The summed E-state index contributed by atoms with van der Waals surface area (Å²) in [7, 11) is 0. The van der Waals surface area contributed by atoms with Crippen LogP contribution in [0.5, 0.6) is 0 Å². The molecule has 0 spiro atoms. The maximum absolute atomic E-state index is 13.6. The zero-order valence-corrected chi connectivity index (χ0v) is 21.4. The number of nitrogens with zero attached hydrogens (tertiary/aromatic N) is 1. The topological polar surface area (TPSA) is 126 Å². The molecular weight excluding hydrogens is 452 g/mol. The number of allylic oxidation sites excluding steroid dienone is 1. The van der Waals surface area contributed by atoms with Crippen molar-refractivity contribution in [2.24, 2.45) is 5.92 Å². The highest BCUT2D eigenvalue weighted by Gasteiger charge is 2.62. The summed E-state index contributed by atoms with van der Waals surface area (Å²) in [5.41, 5.74) is -1.79. The molecule has 3 aliphatic rings. The Kier molecular flexibility index (Phi) is 8.79. The molecule has 196 valence electrons. The minimum absolute atomic E-state index is 0.127. The van der Waals surface area contributed by atoms with E-state index in [1.165, 1.54) is 4.90 Å². The number of fused-ring (bicyclic) bond motifs is 2. The second-order valence-corrected chi connectivity index (χ2v) is 10.5. The van der Waals surface area contributed by atoms with Gasteiger partial charge in [0.2, 0.25) is 11.8 Å². The average Bonchev–Trinajstić information content (AvgIpc) is 3.49. The second-order valence-electron chi connectivity index (χ2n) is 10.5. The summed E-state index contributed by atoms with van der Waals surface area (Å²) in [6.07, 6.45) is 7.71. The summed E-state index contributed by atoms with van der Waals surface area (Å²) in [4.78, 5) is 53.8. The third-order valence-corrected chi connectivity index (χ3v) is 6.55. The summed E-state index contributed by atoms with van der Waals surface area (Å²) in [5.74, 6) is -1.29. The third-order valence-electron chi connectivity index (χ3n) is 6.55. The van der Waals surface area contributed by atoms with Crippen molar-refractivity contribution in [3.05, 3.63) is 12.2 Å². The molecule has 1 unspecified atom stereocenters. The molecule has 4 atom stereocenters. The first-order valence-electron chi connectivity index (χ1n) is 12.7. The van der Waals surface area contributed by atoms with Gasteiger partial charge >= 0.3 is 12.1 Å². The molecule has 3 rings (SSSR count). The minimum Gasteiger partial charge on any atom is -0.464 e. The molecule has 1 saturated carbocycles. The lowest BCUT2D eigenvalue weighted by atomic mass is 10.0. The van der Waals surface area contributed by atoms with Crippen LogP contribution in [0, 0.1) is 5.92 Å². The second kappa shape index (κ2) is 11.4. The quantitative estimate of drug-likeness (QED) is 0.404. The molecule has 2 fully saturated rings. The van der Waals surface area contributed by atoms with Gasteiger partial charge in [0.15, 0.2) is 0 Å². The van der Waals surface area contributed by atoms with Crippen molar-refractivity contribution in [3.63, 3.8) is 0 Å². The van der Waals surface area contributed by atoms with E-state index < -0.39 is 41.2 Å². The molecule has 3 N–H and O–H groups in total. The van der Waals surface area contributed by atoms with E-state index in [9.17, 15) is 19.2 Å². The lowest BCUT2D eigenvalue weighted by Gasteiger charge is -2.38. The van der Waals surface area contributed by atoms with Gasteiger partial charge in [-0.05, 0) is 53.4 Å². The Morgan fingerprint density at radius 3 is 2.71 bits per heavy atom. The molecule has 0 radical (unpaired) electrons. The molecule has 0 aromatic heterocycles. The number of piperazine rings is 1. The maximum atomic E-state index is 13.6. The van der Waals surface area contributed by atoms with Crippen molar-refractivity contribution in [3.8, 4) is 0 Å². The number of carbonyl (C=O) groups is 4. The SMILES string of the molecule is CCOC(=O)[C@@]12C[C@H]1C=CCCCCC[C@H](NC(=O)OC(C)(C)C)C(=O)N1CCNCC1C(=O)N2. The van der Waals surface area contributed by atoms with Gasteiger partial charge in [-0.15, -0.1) is 0 Å². The molecule has 10 heteroatoms. The predicted molar refractivity (Wildman–Crippen MR) is 129 cm³/mol. The highest BCUT2D eigenvalue weighted by atomic mass is 16.6. The molecule has 0 aromatic rings. The van der Waals surface area contributed by atoms with Crippen molar-refractivity contribution < 1.29 is 28.7 Å². The van der Waals surface area contributed by atoms with Crippen LogP contribution in [0.4, 0.5) is 4.79 Å². The fourth-order valence-electron chi connectivity index (χ4n) is 4.67. The minimum atomic E-state index is -1.09. The van der Waals surface area contributed by atoms with Crippen LogP contribution in [0.15, 0.2) is 12.2 Å². The van der Waals surface area contributed by atoms with Crippen LogP contribution in [0.2, 0.25) is 0 Å². The number of carbonyl (C=O) groups excluding carboxylic acids is 4. The van der Waals surface area contributed by atoms with E-state index in [-0.39, 0.29) is 25.0 Å². The van der Waals surface area contributed by atoms with Gasteiger partial charge in [0.1, 0.15) is 23.2 Å². The monoisotopic (exact) mass is 492 g/mol. The number of nitrogens with one attached hydrogen (secondary N) is 3. The van der Waals surface area contributed by atoms with Crippen LogP contribution < -0.4 is 16.0 Å². The number of amides is 3. The average molecular weight is 493 g/mol. The highest BCUT2D eigenvalue weighted by molar-refractivity contribution is 5.96. The Balaban J connectivity index is 1.84. The standard InChI is InChI=1S/C25H40N4O6/c1-5-34-22(32)25-15-17(25)11-9-7-6-8-10-12-18(27-23(33)35-24(2,3)4)21(31)29-14-13-26-16-19(29)20(30)28-25/h9,11,17-19,26H,5-8,10,12-16H2,1-4H3,(H,27,33)(H,28,30)/t17-,18+,19?,25-/m1/s1. The van der Waals surface area contributed by atoms with Crippen LogP contribution in [-0.4, -0.2) is 78.2 Å². The fourth-order valence-corrected chi connectivity index (χ4v) is 4.67. The van der Waals surface area contributed by atoms with E-state index in [2.05, 4.69) is 16.0 Å². The molecule has 1 aliphatic carbocycles. The van der Waals surface area contributed by atoms with E-state index in [1.807, 2.05) is 12.2 Å². The van der Waals surface area contributed by atoms with Crippen molar-refractivity contribution in [1.82, 2.24) is 20.9 Å². The van der Waals surface area contributed by atoms with Crippen molar-refractivity contribution in [2.45, 2.75) is 89.4 Å². The van der Waals surface area contributed by atoms with E-state index in [4.69, 9.17) is 9.47 Å². The van der Waals surface area contributed by atoms with Crippen LogP contribution in [-0.2, 0) is 23.9 Å². The third kappa shape index (κ3) is 6.96. The van der Waals surface area contributed by atoms with Gasteiger partial charge in [0.05, 0.1) is 6.61 Å². The number of alkyl carbamates (subject to hydrolysis) is 1. The number of esters is 1. The van der Waals surface area contributed by atoms with Crippen molar-refractivity contribution >= 4 is 23.9 Å². The van der Waals surface area contributed by atoms with E-state index >= 15 is 0 Å². The van der Waals surface area contributed by atoms with E-state index in [0.29, 0.717) is 25.9 Å². The lowest BCUT2D eigenvalue weighted by Crippen LogP contribution is -2.64. The number of ether oxygens (including phenoxy) is 2. The fraction of sp³-hybridized carbons (Fsp3) is 0.760. The van der Waals surface area contributed by atoms with Crippen LogP contribution >= 0.6 is 0 Å². The first kappa shape index (κ1) is 27.0. The smallest absolute Gasteiger partial charge is 0.408 e. The van der Waals surface area contributed by atoms with Gasteiger partial charge in [0, 0.05) is 25.6 Å². The Morgan fingerprint density at radius 1 is 1.23 bits per heavy atom. The Hall–Kier alpha value is -2.62. The molecule has 2 aliphatic heterocycles. The molecule has 10 nitrogen and oxygen atoms in total. The molecule has 35 heavy (non-hydrogen) atoms. The normalized spacial score (nSPS) is 30.1. The van der Waals surface area contributed by atoms with Gasteiger partial charge in [-0.1, -0.05) is 25.0 Å². The molecule has 0 aromatic carbocycles. The number of rotatable bonds is 3. The van der Waals surface area contributed by atoms with E-state index in [0.717, 1.165) is 25.7 Å². The zero-order valence-electron chi connectivity index (χ0n) is 21.4. The molecule has 0 bridgehead atoms. The summed E-state index contributed by atoms with van der Waals surface area (Å²) in [5, 5.41) is 8.81. The highest BCUT2D eigenvalue weighted by Crippen LogP contribution is 2.46. The van der Waals surface area contributed by atoms with Crippen LogP contribution in [0.3, 0.4) is 0 Å². The molecule has 3 amide bonds. The summed E-state index contributed by atoms with van der Waals surface area (Å²) in [6, 6.07) is -1.60. The Bertz CT molecular complexity index is 838. The van der Waals surface area contributed by atoms with Crippen LogP contribution in [0.25, 0.3) is 0 Å². The van der Waals surface area contributed by atoms with Crippen molar-refractivity contribution in [1.29, 1.82) is 0 Å². The maximum Gasteiger partial charge on any atom is 0.408 e. The lowest BCUT2D eigenvalue weighted by molar-refractivity contribution is -0.151. The number of hydrogen-bond acceptors (Lipinski definition) is 7. The van der Waals surface area contributed by atoms with Gasteiger partial charge in [-0.2, -0.15) is 0 Å². The molecule has 1 saturated heterocycles. The van der Waals surface area contributed by atoms with Gasteiger partial charge < -0.3 is 30.3 Å². The van der Waals surface area contributed by atoms with Crippen LogP contribution in [0.1, 0.15) is 66.2 Å². The summed E-state index contributed by atoms with van der Waals surface area (Å²) < 4.78 is 10.7. The summed E-state index contributed by atoms with van der Waals surface area (Å²) in [6.45, 7) is 8.36. The van der Waals surface area contributed by atoms with Crippen molar-refractivity contribution in [2.75, 3.05) is 26.2 Å². The number of hydrogen-bond donors (Lipinski definition) is 3. The van der Waals surface area contributed by atoms with Gasteiger partial charge in [-0.3, -0.25) is 9.59 Å². The first-order valence-corrected chi connectivity index (χ1v) is 12.7. The molecular formula is C25H40N4O6. The first-order chi connectivity index (χ1) is 16.6. The zero-order chi connectivity index (χ0) is 25.6. The Labute approximate surface area is 207 Å². The van der Waals surface area contributed by atoms with Gasteiger partial charge in [0.25, 0.3) is 0 Å². The summed E-state index contributed by atoms with van der Waals surface area (Å²) >= 11 is 0. The van der Waals surface area contributed by atoms with E-state index in [1.54, 1.807) is 27.7 Å². The Morgan fingerprint density at radius 2 is 2.00 bits per heavy atom. The predicted octanol–water partition coefficient (Wildman–Crippen LogP) is 1.64.